The summed E-state index contributed by atoms with van der Waals surface area (Å²) in [5.41, 5.74) is 0.486. The Kier molecular flexibility index (Phi) is 3.05. The summed E-state index contributed by atoms with van der Waals surface area (Å²) in [6.45, 7) is 0.594. The number of nitrogens with one attached hydrogen (secondary N) is 2. The molecule has 4 heterocycles. The van der Waals surface area contributed by atoms with Gasteiger partial charge in [-0.15, -0.1) is 11.3 Å². The quantitative estimate of drug-likeness (QED) is 0.568. The molecular formula is C15H11N5OS. The molecule has 4 aromatic heterocycles. The Morgan fingerprint density at radius 2 is 2.18 bits per heavy atom. The predicted molar refractivity (Wildman–Crippen MR) is 87.1 cm³/mol. The number of anilines is 1. The molecule has 22 heavy (non-hydrogen) atoms. The normalized spacial score (nSPS) is 11.1. The number of fused-ring (bicyclic) bond motifs is 3. The van der Waals surface area contributed by atoms with E-state index in [1.165, 1.54) is 0 Å². The van der Waals surface area contributed by atoms with Crippen molar-refractivity contribution in [3.63, 3.8) is 0 Å². The third-order valence-corrected chi connectivity index (χ3v) is 4.19. The van der Waals surface area contributed by atoms with Gasteiger partial charge in [0.15, 0.2) is 0 Å². The second kappa shape index (κ2) is 5.19. The summed E-state index contributed by atoms with van der Waals surface area (Å²) in [4.78, 5) is 27.8. The molecule has 0 amide bonds. The Morgan fingerprint density at radius 3 is 3.05 bits per heavy atom. The lowest BCUT2D eigenvalue weighted by molar-refractivity contribution is 1.09. The molecule has 0 radical (unpaired) electrons. The van der Waals surface area contributed by atoms with Crippen molar-refractivity contribution in [1.29, 1.82) is 0 Å². The van der Waals surface area contributed by atoms with Crippen LogP contribution in [0.25, 0.3) is 21.7 Å². The Labute approximate surface area is 128 Å². The number of pyridine rings is 3. The number of aromatic amines is 1. The summed E-state index contributed by atoms with van der Waals surface area (Å²) in [6.07, 6.45) is 6.77. The Balaban J connectivity index is 1.91. The lowest BCUT2D eigenvalue weighted by Crippen LogP contribution is -2.08. The molecule has 0 spiro atoms. The second-order valence-electron chi connectivity index (χ2n) is 4.73. The smallest absolute Gasteiger partial charge is 0.258 e. The molecule has 7 heteroatoms. The van der Waals surface area contributed by atoms with E-state index in [1.54, 1.807) is 42.2 Å². The molecule has 2 N–H and O–H groups in total. The van der Waals surface area contributed by atoms with Crippen LogP contribution in [0.3, 0.4) is 0 Å². The molecule has 4 aromatic rings. The lowest BCUT2D eigenvalue weighted by atomic mass is 10.1. The number of hydrogen-bond acceptors (Lipinski definition) is 6. The van der Waals surface area contributed by atoms with E-state index < -0.39 is 0 Å². The zero-order valence-electron chi connectivity index (χ0n) is 11.4. The van der Waals surface area contributed by atoms with Gasteiger partial charge in [-0.25, -0.2) is 9.97 Å². The summed E-state index contributed by atoms with van der Waals surface area (Å²) >= 11 is 1.58. The predicted octanol–water partition coefficient (Wildman–Crippen LogP) is 2.54. The van der Waals surface area contributed by atoms with Crippen LogP contribution in [0.1, 0.15) is 5.01 Å². The molecule has 0 aliphatic carbocycles. The van der Waals surface area contributed by atoms with Crippen molar-refractivity contribution in [2.24, 2.45) is 0 Å². The van der Waals surface area contributed by atoms with Crippen molar-refractivity contribution in [1.82, 2.24) is 19.9 Å². The third-order valence-electron chi connectivity index (χ3n) is 3.41. The maximum absolute atomic E-state index is 12.1. The highest BCUT2D eigenvalue weighted by atomic mass is 32.1. The van der Waals surface area contributed by atoms with Crippen molar-refractivity contribution in [3.05, 3.63) is 57.7 Å². The standard InChI is InChI=1S/C15H11N5OS/c21-15-13-10-7-16-3-1-9(10)14(20-11(13)2-4-18-15)19-8-12-17-5-6-22-12/h1-7H,8H2,(H,18,21)(H,19,20). The maximum Gasteiger partial charge on any atom is 0.258 e. The molecule has 0 unspecified atom stereocenters. The van der Waals surface area contributed by atoms with E-state index in [1.807, 2.05) is 11.4 Å². The van der Waals surface area contributed by atoms with Crippen LogP contribution >= 0.6 is 11.3 Å². The minimum Gasteiger partial charge on any atom is -0.363 e. The Morgan fingerprint density at radius 1 is 1.23 bits per heavy atom. The van der Waals surface area contributed by atoms with Gasteiger partial charge in [-0.1, -0.05) is 0 Å². The summed E-state index contributed by atoms with van der Waals surface area (Å²) in [5.74, 6) is 0.728. The average Bonchev–Trinajstić information content (AvgIpc) is 3.06. The summed E-state index contributed by atoms with van der Waals surface area (Å²) in [5, 5.41) is 8.44. The summed E-state index contributed by atoms with van der Waals surface area (Å²) in [6, 6.07) is 3.65. The Bertz CT molecular complexity index is 1010. The van der Waals surface area contributed by atoms with E-state index in [4.69, 9.17) is 0 Å². The topological polar surface area (TPSA) is 83.6 Å². The maximum atomic E-state index is 12.1. The SMILES string of the molecule is O=c1[nH]ccc2nc(NCc3nccs3)c3ccncc3c12. The number of rotatable bonds is 3. The molecule has 0 atom stereocenters. The van der Waals surface area contributed by atoms with Crippen LogP contribution in [0.2, 0.25) is 0 Å². The number of hydrogen-bond donors (Lipinski definition) is 2. The molecule has 0 aromatic carbocycles. The zero-order valence-corrected chi connectivity index (χ0v) is 12.2. The van der Waals surface area contributed by atoms with Crippen molar-refractivity contribution < 1.29 is 0 Å². The van der Waals surface area contributed by atoms with Crippen LogP contribution < -0.4 is 10.9 Å². The number of H-pyrrole nitrogens is 1. The van der Waals surface area contributed by atoms with Gasteiger partial charge in [0.05, 0.1) is 17.4 Å². The molecule has 0 aliphatic heterocycles. The molecule has 108 valence electrons. The van der Waals surface area contributed by atoms with Gasteiger partial charge in [0.25, 0.3) is 5.56 Å². The number of aromatic nitrogens is 4. The van der Waals surface area contributed by atoms with E-state index >= 15 is 0 Å². The second-order valence-corrected chi connectivity index (χ2v) is 5.71. The summed E-state index contributed by atoms with van der Waals surface area (Å²) < 4.78 is 0. The molecule has 0 fully saturated rings. The van der Waals surface area contributed by atoms with Gasteiger partial charge in [0.1, 0.15) is 10.8 Å². The van der Waals surface area contributed by atoms with Gasteiger partial charge in [0, 0.05) is 40.9 Å². The van der Waals surface area contributed by atoms with Crippen molar-refractivity contribution in [3.8, 4) is 0 Å². The monoisotopic (exact) mass is 309 g/mol. The van der Waals surface area contributed by atoms with Crippen molar-refractivity contribution in [2.75, 3.05) is 5.32 Å². The van der Waals surface area contributed by atoms with Crippen LogP contribution in [-0.4, -0.2) is 19.9 Å². The molecule has 6 nitrogen and oxygen atoms in total. The lowest BCUT2D eigenvalue weighted by Gasteiger charge is -2.09. The Hall–Kier alpha value is -2.80. The highest BCUT2D eigenvalue weighted by Crippen LogP contribution is 2.26. The van der Waals surface area contributed by atoms with Crippen LogP contribution in [-0.2, 0) is 6.54 Å². The fraction of sp³-hybridized carbons (Fsp3) is 0.0667. The van der Waals surface area contributed by atoms with E-state index in [2.05, 4.69) is 25.3 Å². The van der Waals surface area contributed by atoms with E-state index in [0.29, 0.717) is 17.4 Å². The highest BCUT2D eigenvalue weighted by molar-refractivity contribution is 7.09. The van der Waals surface area contributed by atoms with Gasteiger partial charge >= 0.3 is 0 Å². The van der Waals surface area contributed by atoms with E-state index in [-0.39, 0.29) is 5.56 Å². The molecule has 0 bridgehead atoms. The number of nitrogens with zero attached hydrogens (tertiary/aromatic N) is 3. The van der Waals surface area contributed by atoms with Gasteiger partial charge in [-0.3, -0.25) is 9.78 Å². The van der Waals surface area contributed by atoms with Crippen molar-refractivity contribution >= 4 is 38.8 Å². The summed E-state index contributed by atoms with van der Waals surface area (Å²) in [7, 11) is 0. The van der Waals surface area contributed by atoms with Crippen molar-refractivity contribution in [2.45, 2.75) is 6.54 Å². The molecule has 0 saturated carbocycles. The van der Waals surface area contributed by atoms with Gasteiger partial charge in [-0.2, -0.15) is 0 Å². The number of thiazole rings is 1. The zero-order chi connectivity index (χ0) is 14.9. The van der Waals surface area contributed by atoms with Gasteiger partial charge in [-0.05, 0) is 12.1 Å². The minimum absolute atomic E-state index is 0.158. The van der Waals surface area contributed by atoms with Gasteiger partial charge < -0.3 is 10.3 Å². The largest absolute Gasteiger partial charge is 0.363 e. The van der Waals surface area contributed by atoms with Crippen LogP contribution in [0.4, 0.5) is 5.82 Å². The average molecular weight is 309 g/mol. The minimum atomic E-state index is -0.158. The van der Waals surface area contributed by atoms with E-state index in [0.717, 1.165) is 21.6 Å². The van der Waals surface area contributed by atoms with Crippen LogP contribution in [0.5, 0.6) is 0 Å². The first kappa shape index (κ1) is 12.9. The van der Waals surface area contributed by atoms with E-state index in [9.17, 15) is 4.79 Å². The fourth-order valence-corrected chi connectivity index (χ4v) is 2.99. The fourth-order valence-electron chi connectivity index (χ4n) is 2.44. The molecular weight excluding hydrogens is 298 g/mol. The first-order chi connectivity index (χ1) is 10.8. The van der Waals surface area contributed by atoms with Gasteiger partial charge in [0.2, 0.25) is 0 Å². The first-order valence-corrected chi connectivity index (χ1v) is 7.58. The third kappa shape index (κ3) is 2.11. The first-order valence-electron chi connectivity index (χ1n) is 6.70. The molecule has 4 rings (SSSR count). The van der Waals surface area contributed by atoms with Crippen LogP contribution in [0.15, 0.2) is 47.1 Å². The van der Waals surface area contributed by atoms with Crippen LogP contribution in [0, 0.1) is 0 Å². The molecule has 0 aliphatic rings. The molecule has 0 saturated heterocycles. The highest BCUT2D eigenvalue weighted by Gasteiger charge is 2.11.